The van der Waals surface area contributed by atoms with Crippen LogP contribution < -0.4 is 21.7 Å². The third-order valence-corrected chi connectivity index (χ3v) is 5.92. The van der Waals surface area contributed by atoms with Crippen molar-refractivity contribution in [2.45, 2.75) is 56.3 Å². The topological polar surface area (TPSA) is 245 Å². The largest absolute Gasteiger partial charge is 0.508 e. The van der Waals surface area contributed by atoms with E-state index in [1.165, 1.54) is 24.3 Å². The lowest BCUT2D eigenvalue weighted by atomic mass is 10.0. The molecule has 14 nitrogen and oxygen atoms in total. The Morgan fingerprint density at radius 2 is 1.15 bits per heavy atom. The van der Waals surface area contributed by atoms with Crippen LogP contribution in [0.1, 0.15) is 30.4 Å². The van der Waals surface area contributed by atoms with Gasteiger partial charge in [0.25, 0.3) is 0 Å². The fourth-order valence-corrected chi connectivity index (χ4v) is 3.77. The lowest BCUT2D eigenvalue weighted by molar-refractivity contribution is -0.143. The number of hydrogen-bond acceptors (Lipinski definition) is 8. The number of aromatic hydroxyl groups is 1. The number of nitrogens with one attached hydrogen (secondary N) is 3. The molecule has 0 spiro atoms. The van der Waals surface area contributed by atoms with Gasteiger partial charge in [-0.05, 0) is 29.7 Å². The lowest BCUT2D eigenvalue weighted by Crippen LogP contribution is -2.58. The second-order valence-corrected chi connectivity index (χ2v) is 9.22. The number of amides is 3. The van der Waals surface area contributed by atoms with Crippen LogP contribution >= 0.6 is 0 Å². The van der Waals surface area contributed by atoms with Crippen LogP contribution in [0.5, 0.6) is 5.75 Å². The van der Waals surface area contributed by atoms with Gasteiger partial charge in [-0.3, -0.25) is 24.0 Å². The lowest BCUT2D eigenvalue weighted by Gasteiger charge is -2.25. The Balaban J connectivity index is 2.32. The summed E-state index contributed by atoms with van der Waals surface area (Å²) in [6, 6.07) is 8.45. The summed E-state index contributed by atoms with van der Waals surface area (Å²) in [5, 5.41) is 44.0. The molecule has 220 valence electrons. The molecule has 2 aromatic rings. The molecule has 3 amide bonds. The Labute approximate surface area is 234 Å². The minimum atomic E-state index is -1.55. The van der Waals surface area contributed by atoms with Crippen molar-refractivity contribution in [3.8, 4) is 5.75 Å². The number of carbonyl (C=O) groups is 6. The fraction of sp³-hybridized carbons (Fsp3) is 0.333. The van der Waals surface area contributed by atoms with Gasteiger partial charge in [-0.15, -0.1) is 0 Å². The second-order valence-electron chi connectivity index (χ2n) is 9.22. The first-order valence-electron chi connectivity index (χ1n) is 12.5. The molecule has 0 aliphatic rings. The van der Waals surface area contributed by atoms with Crippen molar-refractivity contribution >= 4 is 35.6 Å². The summed E-state index contributed by atoms with van der Waals surface area (Å²) < 4.78 is 0. The van der Waals surface area contributed by atoms with Crippen LogP contribution in [-0.4, -0.2) is 80.2 Å². The number of phenolic OH excluding ortho intramolecular Hbond substituents is 1. The fourth-order valence-electron chi connectivity index (χ4n) is 3.77. The van der Waals surface area contributed by atoms with Crippen molar-refractivity contribution in [3.05, 3.63) is 65.7 Å². The van der Waals surface area contributed by atoms with E-state index in [-0.39, 0.29) is 18.6 Å². The molecule has 0 heterocycles. The SMILES string of the molecule is N[C@@H](CC(=O)O)C(=O)N[C@@H](Cc1ccc(O)cc1)C(=O)N[C@@H](Cc1ccccc1)C(=O)N[C@@H](CCC(=O)O)C(=O)O. The summed E-state index contributed by atoms with van der Waals surface area (Å²) in [6.07, 6.45) is -1.84. The van der Waals surface area contributed by atoms with E-state index in [1.807, 2.05) is 0 Å². The highest BCUT2D eigenvalue weighted by Gasteiger charge is 2.31. The highest BCUT2D eigenvalue weighted by molar-refractivity contribution is 5.95. The standard InChI is InChI=1S/C27H32N4O10/c28-18(14-23(35)36)24(37)30-20(13-16-6-8-17(32)9-7-16)26(39)31-21(12-15-4-2-1-3-5-15)25(38)29-19(27(40)41)10-11-22(33)34/h1-9,18-21,32H,10-14,28H2,(H,29,38)(H,30,37)(H,31,39)(H,33,34)(H,35,36)(H,40,41)/t18-,19-,20-,21-/m0/s1. The number of benzene rings is 2. The maximum atomic E-state index is 13.4. The normalized spacial score (nSPS) is 13.6. The van der Waals surface area contributed by atoms with Gasteiger partial charge in [0, 0.05) is 19.3 Å². The monoisotopic (exact) mass is 572 g/mol. The minimum Gasteiger partial charge on any atom is -0.508 e. The van der Waals surface area contributed by atoms with Crippen LogP contribution in [0, 0.1) is 0 Å². The number of nitrogens with two attached hydrogens (primary N) is 1. The van der Waals surface area contributed by atoms with Crippen molar-refractivity contribution < 1.29 is 49.2 Å². The molecule has 0 saturated carbocycles. The van der Waals surface area contributed by atoms with Gasteiger partial charge in [0.1, 0.15) is 23.9 Å². The zero-order valence-corrected chi connectivity index (χ0v) is 21.9. The predicted octanol–water partition coefficient (Wildman–Crippen LogP) is -0.617. The van der Waals surface area contributed by atoms with Gasteiger partial charge in [-0.2, -0.15) is 0 Å². The van der Waals surface area contributed by atoms with E-state index < -0.39 is 79.1 Å². The molecule has 0 unspecified atom stereocenters. The summed E-state index contributed by atoms with van der Waals surface area (Å²) in [6.45, 7) is 0. The number of hydrogen-bond donors (Lipinski definition) is 8. The van der Waals surface area contributed by atoms with Gasteiger partial charge in [-0.1, -0.05) is 42.5 Å². The van der Waals surface area contributed by atoms with Gasteiger partial charge in [0.05, 0.1) is 12.5 Å². The van der Waals surface area contributed by atoms with Crippen LogP contribution in [-0.2, 0) is 41.6 Å². The smallest absolute Gasteiger partial charge is 0.326 e. The average molecular weight is 573 g/mol. The molecule has 0 saturated heterocycles. The number of carbonyl (C=O) groups excluding carboxylic acids is 3. The molecule has 41 heavy (non-hydrogen) atoms. The molecular weight excluding hydrogens is 540 g/mol. The van der Waals surface area contributed by atoms with Gasteiger partial charge < -0.3 is 42.1 Å². The van der Waals surface area contributed by atoms with E-state index in [4.69, 9.17) is 15.9 Å². The average Bonchev–Trinajstić information content (AvgIpc) is 2.91. The first-order valence-corrected chi connectivity index (χ1v) is 12.5. The summed E-state index contributed by atoms with van der Waals surface area (Å²) >= 11 is 0. The van der Waals surface area contributed by atoms with E-state index >= 15 is 0 Å². The zero-order chi connectivity index (χ0) is 30.5. The van der Waals surface area contributed by atoms with Gasteiger partial charge in [0.2, 0.25) is 17.7 Å². The number of aliphatic carboxylic acids is 3. The van der Waals surface area contributed by atoms with Crippen LogP contribution in [0.15, 0.2) is 54.6 Å². The number of phenols is 1. The first kappa shape index (κ1) is 32.2. The Morgan fingerprint density at radius 3 is 1.63 bits per heavy atom. The van der Waals surface area contributed by atoms with E-state index in [1.54, 1.807) is 30.3 Å². The zero-order valence-electron chi connectivity index (χ0n) is 21.9. The second kappa shape index (κ2) is 15.6. The number of carboxylic acids is 3. The van der Waals surface area contributed by atoms with Crippen LogP contribution in [0.4, 0.5) is 0 Å². The van der Waals surface area contributed by atoms with E-state index in [2.05, 4.69) is 16.0 Å². The Bertz CT molecular complexity index is 1240. The van der Waals surface area contributed by atoms with E-state index in [0.717, 1.165) is 0 Å². The Morgan fingerprint density at radius 1 is 0.659 bits per heavy atom. The van der Waals surface area contributed by atoms with Gasteiger partial charge >= 0.3 is 17.9 Å². The molecule has 0 aromatic heterocycles. The minimum absolute atomic E-state index is 0.0438. The molecular formula is C27H32N4O10. The quantitative estimate of drug-likeness (QED) is 0.126. The summed E-state index contributed by atoms with van der Waals surface area (Å²) in [5.74, 6) is -6.79. The molecule has 2 rings (SSSR count). The number of rotatable bonds is 16. The molecule has 0 aliphatic carbocycles. The molecule has 0 fully saturated rings. The van der Waals surface area contributed by atoms with E-state index in [9.17, 15) is 39.0 Å². The van der Waals surface area contributed by atoms with Crippen LogP contribution in [0.3, 0.4) is 0 Å². The van der Waals surface area contributed by atoms with Crippen molar-refractivity contribution in [2.75, 3.05) is 0 Å². The summed E-state index contributed by atoms with van der Waals surface area (Å²) in [5.41, 5.74) is 6.75. The predicted molar refractivity (Wildman–Crippen MR) is 142 cm³/mol. The molecule has 4 atom stereocenters. The Kier molecular flexibility index (Phi) is 12.2. The molecule has 14 heteroatoms. The van der Waals surface area contributed by atoms with Crippen LogP contribution in [0.2, 0.25) is 0 Å². The highest BCUT2D eigenvalue weighted by Crippen LogP contribution is 2.13. The molecule has 0 radical (unpaired) electrons. The van der Waals surface area contributed by atoms with Crippen LogP contribution in [0.25, 0.3) is 0 Å². The summed E-state index contributed by atoms with van der Waals surface area (Å²) in [7, 11) is 0. The van der Waals surface area contributed by atoms with Gasteiger partial charge in [-0.25, -0.2) is 4.79 Å². The maximum absolute atomic E-state index is 13.4. The number of carboxylic acid groups (broad SMARTS) is 3. The van der Waals surface area contributed by atoms with Crippen molar-refractivity contribution in [1.82, 2.24) is 16.0 Å². The van der Waals surface area contributed by atoms with Crippen molar-refractivity contribution in [1.29, 1.82) is 0 Å². The Hall–Kier alpha value is -4.98. The highest BCUT2D eigenvalue weighted by atomic mass is 16.4. The first-order chi connectivity index (χ1) is 19.3. The van der Waals surface area contributed by atoms with E-state index in [0.29, 0.717) is 11.1 Å². The molecule has 0 aliphatic heterocycles. The maximum Gasteiger partial charge on any atom is 0.326 e. The van der Waals surface area contributed by atoms with Crippen molar-refractivity contribution in [3.63, 3.8) is 0 Å². The van der Waals surface area contributed by atoms with Gasteiger partial charge in [0.15, 0.2) is 0 Å². The molecule has 9 N–H and O–H groups in total. The molecule has 0 bridgehead atoms. The third-order valence-electron chi connectivity index (χ3n) is 5.92. The third kappa shape index (κ3) is 11.3. The summed E-state index contributed by atoms with van der Waals surface area (Å²) in [4.78, 5) is 72.7. The molecule has 2 aromatic carbocycles. The van der Waals surface area contributed by atoms with Crippen molar-refractivity contribution in [2.24, 2.45) is 5.73 Å².